The number of ether oxygens (including phenoxy) is 1. The number of rotatable bonds is 4. The largest absolute Gasteiger partial charge is 0.386 e. The van der Waals surface area contributed by atoms with Gasteiger partial charge >= 0.3 is 0 Å². The number of nitrogens with one attached hydrogen (secondary N) is 1. The molecule has 2 N–H and O–H groups in total. The van der Waals surface area contributed by atoms with E-state index in [-0.39, 0.29) is 11.4 Å². The second-order valence-corrected chi connectivity index (χ2v) is 7.21. The molecule has 0 aliphatic carbocycles. The summed E-state index contributed by atoms with van der Waals surface area (Å²) in [7, 11) is -3.69. The molecule has 1 aliphatic heterocycles. The van der Waals surface area contributed by atoms with Gasteiger partial charge in [-0.3, -0.25) is 4.98 Å². The third-order valence-electron chi connectivity index (χ3n) is 3.22. The maximum atomic E-state index is 12.1. The van der Waals surface area contributed by atoms with E-state index in [9.17, 15) is 13.5 Å². The Morgan fingerprint density at radius 3 is 2.95 bits per heavy atom. The van der Waals surface area contributed by atoms with Gasteiger partial charge < -0.3 is 9.84 Å². The van der Waals surface area contributed by atoms with Crippen LogP contribution in [-0.2, 0) is 14.8 Å². The number of hydrogen-bond donors (Lipinski definition) is 2. The quantitative estimate of drug-likeness (QED) is 0.832. The highest BCUT2D eigenvalue weighted by Gasteiger charge is 2.40. The molecule has 19 heavy (non-hydrogen) atoms. The van der Waals surface area contributed by atoms with Gasteiger partial charge in [-0.1, -0.05) is 0 Å². The van der Waals surface area contributed by atoms with Gasteiger partial charge in [-0.15, -0.1) is 0 Å². The maximum absolute atomic E-state index is 12.1. The summed E-state index contributed by atoms with van der Waals surface area (Å²) in [4.78, 5) is 3.86. The summed E-state index contributed by atoms with van der Waals surface area (Å²) in [6, 6.07) is 1.45. The standard InChI is InChI=1S/C11H15BrN2O4S/c1-8-11(15,2-3-18-8)7-14-19(16,17)10-4-9(12)5-13-6-10/h4-6,8,14-15H,2-3,7H2,1H3. The van der Waals surface area contributed by atoms with E-state index in [0.29, 0.717) is 17.5 Å². The van der Waals surface area contributed by atoms with Crippen molar-refractivity contribution in [2.75, 3.05) is 13.2 Å². The Morgan fingerprint density at radius 1 is 1.63 bits per heavy atom. The Labute approximate surface area is 120 Å². The first-order valence-corrected chi connectivity index (χ1v) is 8.05. The lowest BCUT2D eigenvalue weighted by Gasteiger charge is -2.26. The minimum Gasteiger partial charge on any atom is -0.386 e. The fraction of sp³-hybridized carbons (Fsp3) is 0.545. The second-order valence-electron chi connectivity index (χ2n) is 4.53. The highest BCUT2D eigenvalue weighted by Crippen LogP contribution is 2.25. The molecule has 0 spiro atoms. The van der Waals surface area contributed by atoms with Gasteiger partial charge in [0, 0.05) is 36.4 Å². The van der Waals surface area contributed by atoms with E-state index < -0.39 is 21.7 Å². The van der Waals surface area contributed by atoms with Gasteiger partial charge in [0.05, 0.1) is 6.10 Å². The summed E-state index contributed by atoms with van der Waals surface area (Å²) in [5, 5.41) is 10.2. The summed E-state index contributed by atoms with van der Waals surface area (Å²) in [6.07, 6.45) is 2.77. The van der Waals surface area contributed by atoms with Crippen molar-refractivity contribution in [3.8, 4) is 0 Å². The Balaban J connectivity index is 2.10. The first kappa shape index (κ1) is 14.9. The molecule has 106 valence electrons. The molecule has 0 aromatic carbocycles. The fourth-order valence-electron chi connectivity index (χ4n) is 1.85. The van der Waals surface area contributed by atoms with Gasteiger partial charge in [-0.05, 0) is 28.9 Å². The smallest absolute Gasteiger partial charge is 0.242 e. The molecule has 8 heteroatoms. The molecular formula is C11H15BrN2O4S. The van der Waals surface area contributed by atoms with Crippen LogP contribution in [0.1, 0.15) is 13.3 Å². The minimum atomic E-state index is -3.69. The van der Waals surface area contributed by atoms with E-state index in [1.807, 2.05) is 0 Å². The molecule has 0 amide bonds. The van der Waals surface area contributed by atoms with Crippen LogP contribution in [0.2, 0.25) is 0 Å². The molecular weight excluding hydrogens is 336 g/mol. The van der Waals surface area contributed by atoms with Gasteiger partial charge in [-0.2, -0.15) is 0 Å². The molecule has 0 radical (unpaired) electrons. The molecule has 0 bridgehead atoms. The highest BCUT2D eigenvalue weighted by molar-refractivity contribution is 9.10. The predicted molar refractivity (Wildman–Crippen MR) is 72.1 cm³/mol. The van der Waals surface area contributed by atoms with E-state index in [1.165, 1.54) is 18.5 Å². The van der Waals surface area contributed by atoms with Gasteiger partial charge in [0.25, 0.3) is 0 Å². The molecule has 6 nitrogen and oxygen atoms in total. The Hall–Kier alpha value is -0.540. The molecule has 1 fully saturated rings. The topological polar surface area (TPSA) is 88.5 Å². The lowest BCUT2D eigenvalue weighted by molar-refractivity contribution is -0.0228. The summed E-state index contributed by atoms with van der Waals surface area (Å²) < 4.78 is 32.4. The van der Waals surface area contributed by atoms with Gasteiger partial charge in [0.1, 0.15) is 10.5 Å². The van der Waals surface area contributed by atoms with Crippen molar-refractivity contribution in [2.24, 2.45) is 0 Å². The van der Waals surface area contributed by atoms with Crippen LogP contribution in [0.3, 0.4) is 0 Å². The summed E-state index contributed by atoms with van der Waals surface area (Å²) in [6.45, 7) is 2.07. The lowest BCUT2D eigenvalue weighted by Crippen LogP contribution is -2.47. The third-order valence-corrected chi connectivity index (χ3v) is 5.02. The van der Waals surface area contributed by atoms with Gasteiger partial charge in [0.2, 0.25) is 10.0 Å². The second kappa shape index (κ2) is 5.45. The Morgan fingerprint density at radius 2 is 2.37 bits per heavy atom. The summed E-state index contributed by atoms with van der Waals surface area (Å²) in [5.41, 5.74) is -1.16. The first-order valence-electron chi connectivity index (χ1n) is 5.78. The van der Waals surface area contributed by atoms with E-state index in [2.05, 4.69) is 25.6 Å². The van der Waals surface area contributed by atoms with Crippen molar-refractivity contribution >= 4 is 26.0 Å². The zero-order valence-electron chi connectivity index (χ0n) is 10.3. The molecule has 0 saturated carbocycles. The Kier molecular flexibility index (Phi) is 4.26. The predicted octanol–water partition coefficient (Wildman–Crippen LogP) is 0.662. The molecule has 2 unspecified atom stereocenters. The van der Waals surface area contributed by atoms with E-state index in [0.717, 1.165) is 0 Å². The molecule has 1 aromatic rings. The zero-order chi connectivity index (χ0) is 14.1. The summed E-state index contributed by atoms with van der Waals surface area (Å²) >= 11 is 3.17. The minimum absolute atomic E-state index is 0.0528. The van der Waals surface area contributed by atoms with Crippen LogP contribution in [0, 0.1) is 0 Å². The first-order chi connectivity index (χ1) is 8.83. The highest BCUT2D eigenvalue weighted by atomic mass is 79.9. The van der Waals surface area contributed by atoms with Crippen molar-refractivity contribution in [3.05, 3.63) is 22.9 Å². The van der Waals surface area contributed by atoms with Crippen LogP contribution < -0.4 is 4.72 Å². The van der Waals surface area contributed by atoms with Crippen LogP contribution in [0.25, 0.3) is 0 Å². The van der Waals surface area contributed by atoms with Crippen molar-refractivity contribution < 1.29 is 18.3 Å². The number of aromatic nitrogens is 1. The molecule has 1 aliphatic rings. The van der Waals surface area contributed by atoms with E-state index >= 15 is 0 Å². The van der Waals surface area contributed by atoms with Crippen LogP contribution >= 0.6 is 15.9 Å². The van der Waals surface area contributed by atoms with Crippen LogP contribution in [0.15, 0.2) is 27.8 Å². The number of sulfonamides is 1. The molecule has 1 saturated heterocycles. The number of hydrogen-bond acceptors (Lipinski definition) is 5. The van der Waals surface area contributed by atoms with Crippen molar-refractivity contribution in [1.29, 1.82) is 0 Å². The van der Waals surface area contributed by atoms with E-state index in [4.69, 9.17) is 4.74 Å². The van der Waals surface area contributed by atoms with Crippen LogP contribution in [-0.4, -0.2) is 43.4 Å². The maximum Gasteiger partial charge on any atom is 0.242 e. The molecule has 2 rings (SSSR count). The molecule has 2 heterocycles. The number of nitrogens with zero attached hydrogens (tertiary/aromatic N) is 1. The van der Waals surface area contributed by atoms with Gasteiger partial charge in [-0.25, -0.2) is 13.1 Å². The summed E-state index contributed by atoms with van der Waals surface area (Å²) in [5.74, 6) is 0. The van der Waals surface area contributed by atoms with Crippen LogP contribution in [0.4, 0.5) is 0 Å². The monoisotopic (exact) mass is 350 g/mol. The van der Waals surface area contributed by atoms with Crippen molar-refractivity contribution in [1.82, 2.24) is 9.71 Å². The van der Waals surface area contributed by atoms with Gasteiger partial charge in [0.15, 0.2) is 0 Å². The van der Waals surface area contributed by atoms with E-state index in [1.54, 1.807) is 6.92 Å². The Bertz CT molecular complexity index is 566. The lowest BCUT2D eigenvalue weighted by atomic mass is 9.97. The molecule has 1 aromatic heterocycles. The average Bonchev–Trinajstić information content (AvgIpc) is 2.68. The SMILES string of the molecule is CC1OCCC1(O)CNS(=O)(=O)c1cncc(Br)c1. The van der Waals surface area contributed by atoms with Crippen molar-refractivity contribution in [3.63, 3.8) is 0 Å². The number of halogens is 1. The normalized spacial score (nSPS) is 27.6. The number of aliphatic hydroxyl groups is 1. The number of pyridine rings is 1. The molecule has 2 atom stereocenters. The fourth-order valence-corrected chi connectivity index (χ4v) is 3.45. The van der Waals surface area contributed by atoms with Crippen LogP contribution in [0.5, 0.6) is 0 Å². The average molecular weight is 351 g/mol. The zero-order valence-corrected chi connectivity index (χ0v) is 12.7. The third kappa shape index (κ3) is 3.32. The van der Waals surface area contributed by atoms with Crippen molar-refractivity contribution in [2.45, 2.75) is 29.9 Å².